The first-order chi connectivity index (χ1) is 12.4. The van der Waals surface area contributed by atoms with Crippen molar-refractivity contribution in [3.8, 4) is 0 Å². The molecule has 0 bridgehead atoms. The van der Waals surface area contributed by atoms with Crippen LogP contribution >= 0.6 is 11.8 Å². The lowest BCUT2D eigenvalue weighted by atomic mass is 10.1. The second-order valence-electron chi connectivity index (χ2n) is 6.30. The van der Waals surface area contributed by atoms with Crippen LogP contribution in [0.3, 0.4) is 0 Å². The third kappa shape index (κ3) is 5.20. The van der Waals surface area contributed by atoms with Gasteiger partial charge in [0.2, 0.25) is 5.91 Å². The highest BCUT2D eigenvalue weighted by Crippen LogP contribution is 2.27. The number of hydrogen-bond donors (Lipinski definition) is 2. The Hall–Kier alpha value is -2.09. The second-order valence-corrected chi connectivity index (χ2v) is 7.63. The Bertz CT molecular complexity index is 662. The van der Waals surface area contributed by atoms with Crippen LogP contribution in [0, 0.1) is 0 Å². The van der Waals surface area contributed by atoms with Gasteiger partial charge >= 0.3 is 5.97 Å². The molecular formula is C18H25N3O4S. The van der Waals surface area contributed by atoms with Crippen molar-refractivity contribution in [1.82, 2.24) is 15.2 Å². The van der Waals surface area contributed by atoms with Gasteiger partial charge in [0.05, 0.1) is 10.8 Å². The van der Waals surface area contributed by atoms with Crippen molar-refractivity contribution in [2.45, 2.75) is 55.8 Å². The Morgan fingerprint density at radius 1 is 1.35 bits per heavy atom. The number of carbonyl (C=O) groups excluding carboxylic acids is 2. The average molecular weight is 379 g/mol. The van der Waals surface area contributed by atoms with Crippen molar-refractivity contribution in [2.75, 3.05) is 13.1 Å². The molecule has 0 aromatic carbocycles. The van der Waals surface area contributed by atoms with Crippen LogP contribution in [0.5, 0.6) is 0 Å². The summed E-state index contributed by atoms with van der Waals surface area (Å²) in [5.41, 5.74) is 0.293. The highest BCUT2D eigenvalue weighted by atomic mass is 32.2. The van der Waals surface area contributed by atoms with Gasteiger partial charge in [-0.05, 0) is 38.3 Å². The van der Waals surface area contributed by atoms with Gasteiger partial charge < -0.3 is 15.3 Å². The van der Waals surface area contributed by atoms with Crippen LogP contribution in [-0.4, -0.2) is 57.2 Å². The molecule has 1 saturated heterocycles. The number of aliphatic carboxylic acids is 1. The maximum Gasteiger partial charge on any atom is 0.326 e. The molecule has 142 valence electrons. The lowest BCUT2D eigenvalue weighted by Gasteiger charge is -2.20. The molecule has 1 aromatic heterocycles. The first kappa shape index (κ1) is 20.2. The molecule has 2 amide bonds. The van der Waals surface area contributed by atoms with E-state index in [0.29, 0.717) is 23.4 Å². The second kappa shape index (κ2) is 9.56. The summed E-state index contributed by atoms with van der Waals surface area (Å²) in [6.45, 7) is 5.21. The number of carboxylic acids is 1. The summed E-state index contributed by atoms with van der Waals surface area (Å²) in [5.74, 6) is -1.50. The number of pyridine rings is 1. The van der Waals surface area contributed by atoms with Crippen LogP contribution in [0.1, 0.15) is 49.9 Å². The van der Waals surface area contributed by atoms with E-state index in [-0.39, 0.29) is 11.2 Å². The highest BCUT2D eigenvalue weighted by molar-refractivity contribution is 8.00. The van der Waals surface area contributed by atoms with E-state index in [0.717, 1.165) is 25.9 Å². The first-order valence-electron chi connectivity index (χ1n) is 8.88. The van der Waals surface area contributed by atoms with Crippen LogP contribution < -0.4 is 5.32 Å². The molecule has 7 nitrogen and oxygen atoms in total. The quantitative estimate of drug-likeness (QED) is 0.672. The number of likely N-dealkylation sites (tertiary alicyclic amines) is 1. The maximum absolute atomic E-state index is 12.5. The molecule has 2 unspecified atom stereocenters. The molecule has 1 aliphatic rings. The standard InChI is InChI=1S/C18H25N3O4S/c1-3-7-14(18(24)25)20-15(22)13-8-6-9-19-16(13)26-12(2)17(23)21-10-4-5-11-21/h6,8-9,12,14H,3-5,7,10-11H2,1-2H3,(H,20,22)(H,24,25). The van der Waals surface area contributed by atoms with Gasteiger partial charge in [0.25, 0.3) is 5.91 Å². The minimum absolute atomic E-state index is 0.0407. The van der Waals surface area contributed by atoms with Crippen molar-refractivity contribution in [3.05, 3.63) is 23.9 Å². The first-order valence-corrected chi connectivity index (χ1v) is 9.76. The molecule has 2 rings (SSSR count). The Morgan fingerprint density at radius 3 is 2.65 bits per heavy atom. The molecule has 0 aliphatic carbocycles. The van der Waals surface area contributed by atoms with Crippen molar-refractivity contribution in [3.63, 3.8) is 0 Å². The summed E-state index contributed by atoms with van der Waals surface area (Å²) >= 11 is 1.23. The fourth-order valence-corrected chi connectivity index (χ4v) is 3.85. The van der Waals surface area contributed by atoms with Crippen molar-refractivity contribution in [1.29, 1.82) is 0 Å². The minimum Gasteiger partial charge on any atom is -0.480 e. The van der Waals surface area contributed by atoms with Crippen LogP contribution in [0.4, 0.5) is 0 Å². The predicted octanol–water partition coefficient (Wildman–Crippen LogP) is 2.17. The van der Waals surface area contributed by atoms with Crippen LogP contribution in [0.2, 0.25) is 0 Å². The molecule has 26 heavy (non-hydrogen) atoms. The van der Waals surface area contributed by atoms with E-state index < -0.39 is 17.9 Å². The summed E-state index contributed by atoms with van der Waals surface area (Å²) < 4.78 is 0. The highest BCUT2D eigenvalue weighted by Gasteiger charge is 2.27. The third-order valence-corrected chi connectivity index (χ3v) is 5.35. The van der Waals surface area contributed by atoms with E-state index in [4.69, 9.17) is 0 Å². The molecule has 0 radical (unpaired) electrons. The smallest absolute Gasteiger partial charge is 0.326 e. The molecule has 1 fully saturated rings. The monoisotopic (exact) mass is 379 g/mol. The number of carboxylic acid groups (broad SMARTS) is 1. The Labute approximate surface area is 157 Å². The molecule has 2 heterocycles. The van der Waals surface area contributed by atoms with Gasteiger partial charge in [-0.2, -0.15) is 0 Å². The molecular weight excluding hydrogens is 354 g/mol. The van der Waals surface area contributed by atoms with E-state index in [1.165, 1.54) is 11.8 Å². The number of rotatable bonds is 8. The molecule has 0 saturated carbocycles. The Kier molecular flexibility index (Phi) is 7.44. The third-order valence-electron chi connectivity index (χ3n) is 4.25. The Balaban J connectivity index is 2.09. The van der Waals surface area contributed by atoms with Gasteiger partial charge in [0.15, 0.2) is 0 Å². The molecule has 8 heteroatoms. The predicted molar refractivity (Wildman–Crippen MR) is 99.2 cm³/mol. The fraction of sp³-hybridized carbons (Fsp3) is 0.556. The number of hydrogen-bond acceptors (Lipinski definition) is 5. The largest absolute Gasteiger partial charge is 0.480 e. The van der Waals surface area contributed by atoms with Gasteiger partial charge in [0, 0.05) is 19.3 Å². The van der Waals surface area contributed by atoms with Crippen molar-refractivity contribution >= 4 is 29.5 Å². The van der Waals surface area contributed by atoms with Crippen molar-refractivity contribution in [2.24, 2.45) is 0 Å². The lowest BCUT2D eigenvalue weighted by Crippen LogP contribution is -2.41. The number of nitrogens with zero attached hydrogens (tertiary/aromatic N) is 2. The van der Waals surface area contributed by atoms with E-state index >= 15 is 0 Å². The normalized spacial score (nSPS) is 16.2. The van der Waals surface area contributed by atoms with E-state index in [2.05, 4.69) is 10.3 Å². The summed E-state index contributed by atoms with van der Waals surface area (Å²) in [7, 11) is 0. The average Bonchev–Trinajstić information content (AvgIpc) is 3.15. The molecule has 1 aromatic rings. The molecule has 0 spiro atoms. The molecule has 2 atom stereocenters. The molecule has 1 aliphatic heterocycles. The Morgan fingerprint density at radius 2 is 2.04 bits per heavy atom. The summed E-state index contributed by atoms with van der Waals surface area (Å²) in [6.07, 6.45) is 4.61. The van der Waals surface area contributed by atoms with Crippen LogP contribution in [0.25, 0.3) is 0 Å². The lowest BCUT2D eigenvalue weighted by molar-refractivity contribution is -0.139. The SMILES string of the molecule is CCCC(NC(=O)c1cccnc1SC(C)C(=O)N1CCCC1)C(=O)O. The summed E-state index contributed by atoms with van der Waals surface area (Å²) in [4.78, 5) is 42.4. The van der Waals surface area contributed by atoms with Gasteiger partial charge in [0.1, 0.15) is 11.1 Å². The summed E-state index contributed by atoms with van der Waals surface area (Å²) in [6, 6.07) is 2.29. The molecule has 2 N–H and O–H groups in total. The fourth-order valence-electron chi connectivity index (χ4n) is 2.85. The van der Waals surface area contributed by atoms with E-state index in [1.54, 1.807) is 25.3 Å². The van der Waals surface area contributed by atoms with Crippen molar-refractivity contribution < 1.29 is 19.5 Å². The zero-order chi connectivity index (χ0) is 19.1. The number of aromatic nitrogens is 1. The van der Waals surface area contributed by atoms with Gasteiger partial charge in [-0.25, -0.2) is 9.78 Å². The number of carbonyl (C=O) groups is 3. The van der Waals surface area contributed by atoms with Gasteiger partial charge in [-0.15, -0.1) is 0 Å². The number of amides is 2. The van der Waals surface area contributed by atoms with Gasteiger partial charge in [-0.1, -0.05) is 25.1 Å². The zero-order valence-corrected chi connectivity index (χ0v) is 15.9. The van der Waals surface area contributed by atoms with Crippen LogP contribution in [-0.2, 0) is 9.59 Å². The van der Waals surface area contributed by atoms with Crippen LogP contribution in [0.15, 0.2) is 23.4 Å². The zero-order valence-electron chi connectivity index (χ0n) is 15.1. The number of thioether (sulfide) groups is 1. The summed E-state index contributed by atoms with van der Waals surface area (Å²) in [5, 5.41) is 11.8. The number of nitrogens with one attached hydrogen (secondary N) is 1. The van der Waals surface area contributed by atoms with Gasteiger partial charge in [-0.3, -0.25) is 9.59 Å². The topological polar surface area (TPSA) is 99.6 Å². The maximum atomic E-state index is 12.5. The minimum atomic E-state index is -1.06. The van der Waals surface area contributed by atoms with E-state index in [1.807, 2.05) is 11.8 Å². The van der Waals surface area contributed by atoms with E-state index in [9.17, 15) is 19.5 Å².